The molecule has 3 heteroatoms. The maximum Gasteiger partial charge on any atom is 0.123 e. The molecule has 0 aromatic heterocycles. The Hall–Kier alpha value is -1.09. The van der Waals surface area contributed by atoms with Gasteiger partial charge in [0.2, 0.25) is 0 Å². The first kappa shape index (κ1) is 13.3. The van der Waals surface area contributed by atoms with Crippen LogP contribution in [0.4, 0.5) is 4.39 Å². The van der Waals surface area contributed by atoms with E-state index in [1.54, 1.807) is 0 Å². The highest BCUT2D eigenvalue weighted by Crippen LogP contribution is 2.40. The average molecular weight is 251 g/mol. The SMILES string of the molecule is CCCC(F)(CN)CC1CCOc2ccccc21. The van der Waals surface area contributed by atoms with Gasteiger partial charge >= 0.3 is 0 Å². The zero-order valence-electron chi connectivity index (χ0n) is 11.0. The van der Waals surface area contributed by atoms with Crippen LogP contribution in [0.15, 0.2) is 24.3 Å². The number of hydrogen-bond acceptors (Lipinski definition) is 2. The molecule has 0 amide bonds. The first-order chi connectivity index (χ1) is 8.68. The van der Waals surface area contributed by atoms with E-state index in [9.17, 15) is 4.39 Å². The molecule has 0 spiro atoms. The highest BCUT2D eigenvalue weighted by Gasteiger charge is 2.33. The van der Waals surface area contributed by atoms with Crippen LogP contribution < -0.4 is 10.5 Å². The number of halogens is 1. The summed E-state index contributed by atoms with van der Waals surface area (Å²) in [4.78, 5) is 0. The molecule has 100 valence electrons. The molecule has 2 rings (SSSR count). The third-order valence-electron chi connectivity index (χ3n) is 3.76. The summed E-state index contributed by atoms with van der Waals surface area (Å²) in [5.41, 5.74) is 5.53. The number of benzene rings is 1. The predicted molar refractivity (Wildman–Crippen MR) is 71.7 cm³/mol. The third kappa shape index (κ3) is 2.83. The Morgan fingerprint density at radius 3 is 2.94 bits per heavy atom. The van der Waals surface area contributed by atoms with E-state index in [1.165, 1.54) is 0 Å². The molecule has 2 N–H and O–H groups in total. The summed E-state index contributed by atoms with van der Waals surface area (Å²) < 4.78 is 20.2. The molecule has 1 heterocycles. The van der Waals surface area contributed by atoms with Crippen LogP contribution in [-0.4, -0.2) is 18.8 Å². The lowest BCUT2D eigenvalue weighted by atomic mass is 9.82. The molecule has 18 heavy (non-hydrogen) atoms. The Labute approximate surface area is 108 Å². The zero-order chi connectivity index (χ0) is 13.0. The van der Waals surface area contributed by atoms with Crippen molar-refractivity contribution in [2.24, 2.45) is 5.73 Å². The maximum absolute atomic E-state index is 14.6. The lowest BCUT2D eigenvalue weighted by Crippen LogP contribution is -2.35. The van der Waals surface area contributed by atoms with Gasteiger partial charge in [-0.25, -0.2) is 4.39 Å². The van der Waals surface area contributed by atoms with E-state index in [0.29, 0.717) is 19.4 Å². The highest BCUT2D eigenvalue weighted by molar-refractivity contribution is 5.38. The summed E-state index contributed by atoms with van der Waals surface area (Å²) in [7, 11) is 0. The second-order valence-electron chi connectivity index (χ2n) is 5.18. The Morgan fingerprint density at radius 2 is 2.22 bits per heavy atom. The van der Waals surface area contributed by atoms with E-state index in [-0.39, 0.29) is 12.5 Å². The van der Waals surface area contributed by atoms with E-state index >= 15 is 0 Å². The van der Waals surface area contributed by atoms with Gasteiger partial charge in [0.15, 0.2) is 0 Å². The summed E-state index contributed by atoms with van der Waals surface area (Å²) >= 11 is 0. The smallest absolute Gasteiger partial charge is 0.123 e. The van der Waals surface area contributed by atoms with Gasteiger partial charge in [-0.1, -0.05) is 31.5 Å². The molecule has 1 aromatic carbocycles. The number of alkyl halides is 1. The second-order valence-corrected chi connectivity index (χ2v) is 5.18. The van der Waals surface area contributed by atoms with E-state index in [2.05, 4.69) is 0 Å². The summed E-state index contributed by atoms with van der Waals surface area (Å²) in [6, 6.07) is 7.95. The van der Waals surface area contributed by atoms with E-state index in [0.717, 1.165) is 24.2 Å². The zero-order valence-corrected chi connectivity index (χ0v) is 11.0. The van der Waals surface area contributed by atoms with E-state index < -0.39 is 5.67 Å². The molecule has 2 unspecified atom stereocenters. The summed E-state index contributed by atoms with van der Waals surface area (Å²) in [6.45, 7) is 2.79. The van der Waals surface area contributed by atoms with Crippen molar-refractivity contribution < 1.29 is 9.13 Å². The number of rotatable bonds is 5. The quantitative estimate of drug-likeness (QED) is 0.870. The van der Waals surface area contributed by atoms with Gasteiger partial charge in [0, 0.05) is 6.54 Å². The molecule has 1 aliphatic heterocycles. The monoisotopic (exact) mass is 251 g/mol. The molecule has 1 aromatic rings. The number of para-hydroxylation sites is 1. The highest BCUT2D eigenvalue weighted by atomic mass is 19.1. The second kappa shape index (κ2) is 5.70. The topological polar surface area (TPSA) is 35.2 Å². The van der Waals surface area contributed by atoms with Crippen molar-refractivity contribution in [3.05, 3.63) is 29.8 Å². The van der Waals surface area contributed by atoms with Crippen LogP contribution in [0.25, 0.3) is 0 Å². The average Bonchev–Trinajstić information content (AvgIpc) is 2.39. The third-order valence-corrected chi connectivity index (χ3v) is 3.76. The summed E-state index contributed by atoms with van der Waals surface area (Å²) in [6.07, 6.45) is 2.77. The normalized spacial score (nSPS) is 21.8. The molecule has 0 radical (unpaired) electrons. The Bertz CT molecular complexity index is 396. The van der Waals surface area contributed by atoms with Crippen molar-refractivity contribution in [1.29, 1.82) is 0 Å². The predicted octanol–water partition coefficient (Wildman–Crippen LogP) is 3.41. The molecule has 2 nitrogen and oxygen atoms in total. The molecule has 0 bridgehead atoms. The molecular formula is C15H22FNO. The van der Waals surface area contributed by atoms with Gasteiger partial charge in [-0.05, 0) is 36.8 Å². The van der Waals surface area contributed by atoms with Gasteiger partial charge < -0.3 is 10.5 Å². The summed E-state index contributed by atoms with van der Waals surface area (Å²) in [5, 5.41) is 0. The summed E-state index contributed by atoms with van der Waals surface area (Å²) in [5.74, 6) is 1.14. The van der Waals surface area contributed by atoms with Gasteiger partial charge in [-0.15, -0.1) is 0 Å². The Balaban J connectivity index is 2.15. The number of ether oxygens (including phenoxy) is 1. The molecule has 2 atom stereocenters. The van der Waals surface area contributed by atoms with Gasteiger partial charge in [-0.3, -0.25) is 0 Å². The van der Waals surface area contributed by atoms with Crippen LogP contribution in [-0.2, 0) is 0 Å². The molecule has 0 saturated heterocycles. The number of fused-ring (bicyclic) bond motifs is 1. The lowest BCUT2D eigenvalue weighted by Gasteiger charge is -2.32. The number of nitrogens with two attached hydrogens (primary N) is 1. The lowest BCUT2D eigenvalue weighted by molar-refractivity contribution is 0.122. The van der Waals surface area contributed by atoms with Gasteiger partial charge in [0.1, 0.15) is 11.4 Å². The maximum atomic E-state index is 14.6. The van der Waals surface area contributed by atoms with Crippen molar-refractivity contribution >= 4 is 0 Å². The van der Waals surface area contributed by atoms with Crippen LogP contribution in [0.2, 0.25) is 0 Å². The van der Waals surface area contributed by atoms with Gasteiger partial charge in [-0.2, -0.15) is 0 Å². The number of hydrogen-bond donors (Lipinski definition) is 1. The van der Waals surface area contributed by atoms with Crippen LogP contribution in [0.5, 0.6) is 5.75 Å². The fourth-order valence-corrected chi connectivity index (χ4v) is 2.81. The van der Waals surface area contributed by atoms with E-state index in [1.807, 2.05) is 31.2 Å². The van der Waals surface area contributed by atoms with Crippen molar-refractivity contribution in [3.8, 4) is 5.75 Å². The molecule has 0 saturated carbocycles. The van der Waals surface area contributed by atoms with Crippen molar-refractivity contribution in [1.82, 2.24) is 0 Å². The van der Waals surface area contributed by atoms with Crippen molar-refractivity contribution in [2.45, 2.75) is 44.2 Å². The molecule has 1 aliphatic rings. The minimum atomic E-state index is -1.23. The fourth-order valence-electron chi connectivity index (χ4n) is 2.81. The molecule has 0 fully saturated rings. The van der Waals surface area contributed by atoms with Crippen LogP contribution >= 0.6 is 0 Å². The fraction of sp³-hybridized carbons (Fsp3) is 0.600. The van der Waals surface area contributed by atoms with Crippen LogP contribution in [0.3, 0.4) is 0 Å². The standard InChI is InChI=1S/C15H22FNO/c1-2-8-15(16,11-17)10-12-7-9-18-14-6-4-3-5-13(12)14/h3-6,12H,2,7-11,17H2,1H3. The van der Waals surface area contributed by atoms with Gasteiger partial charge in [0.25, 0.3) is 0 Å². The molecular weight excluding hydrogens is 229 g/mol. The van der Waals surface area contributed by atoms with Crippen molar-refractivity contribution in [2.75, 3.05) is 13.2 Å². The minimum absolute atomic E-state index is 0.111. The Kier molecular flexibility index (Phi) is 4.23. The molecule has 0 aliphatic carbocycles. The first-order valence-electron chi connectivity index (χ1n) is 6.79. The van der Waals surface area contributed by atoms with Crippen molar-refractivity contribution in [3.63, 3.8) is 0 Å². The van der Waals surface area contributed by atoms with Crippen LogP contribution in [0, 0.1) is 0 Å². The van der Waals surface area contributed by atoms with Gasteiger partial charge in [0.05, 0.1) is 6.61 Å². The van der Waals surface area contributed by atoms with Crippen LogP contribution in [0.1, 0.15) is 44.1 Å². The first-order valence-corrected chi connectivity index (χ1v) is 6.79. The van der Waals surface area contributed by atoms with E-state index in [4.69, 9.17) is 10.5 Å². The largest absolute Gasteiger partial charge is 0.493 e. The minimum Gasteiger partial charge on any atom is -0.493 e. The Morgan fingerprint density at radius 1 is 1.44 bits per heavy atom.